The van der Waals surface area contributed by atoms with E-state index in [-0.39, 0.29) is 5.69 Å². The van der Waals surface area contributed by atoms with Crippen LogP contribution in [0.25, 0.3) is 0 Å². The number of nitrogens with zero attached hydrogens (tertiary/aromatic N) is 1. The first kappa shape index (κ1) is 17.7. The number of anilines is 1. The molecule has 140 valence electrons. The Kier molecular flexibility index (Phi) is 4.22. The Labute approximate surface area is 159 Å². The molecule has 0 unspecified atom stereocenters. The molecule has 0 saturated carbocycles. The van der Waals surface area contributed by atoms with Gasteiger partial charge in [0.2, 0.25) is 5.91 Å². The number of para-hydroxylation sites is 1. The van der Waals surface area contributed by atoms with Crippen LogP contribution in [0, 0.1) is 5.82 Å². The molecule has 1 aromatic carbocycles. The molecule has 1 aromatic heterocycles. The molecular formula is C19H18FN3O3S. The zero-order valence-electron chi connectivity index (χ0n) is 14.6. The molecule has 1 aliphatic carbocycles. The third-order valence-corrected chi connectivity index (χ3v) is 6.16. The molecule has 1 fully saturated rings. The maximum absolute atomic E-state index is 13.8. The first-order chi connectivity index (χ1) is 12.9. The van der Waals surface area contributed by atoms with Gasteiger partial charge in [0.15, 0.2) is 0 Å². The van der Waals surface area contributed by atoms with Crippen LogP contribution in [0.4, 0.5) is 14.9 Å². The summed E-state index contributed by atoms with van der Waals surface area (Å²) >= 11 is 1.57. The van der Waals surface area contributed by atoms with Crippen molar-refractivity contribution in [3.63, 3.8) is 0 Å². The standard InChI is InChI=1S/C19H18FN3O3S/c1-11(16(24)21-14-6-3-2-5-13(14)20)23-17(25)19(22-18(23)26)9-4-7-15-12(19)8-10-27-15/h2-3,5-6,8,10-11H,4,7,9H2,1H3,(H,21,24)(H,22,26)/t11-,19-/m0/s1. The molecule has 0 radical (unpaired) electrons. The maximum atomic E-state index is 13.8. The van der Waals surface area contributed by atoms with E-state index < -0.39 is 35.2 Å². The van der Waals surface area contributed by atoms with E-state index in [2.05, 4.69) is 10.6 Å². The number of benzene rings is 1. The molecule has 2 N–H and O–H groups in total. The van der Waals surface area contributed by atoms with Crippen molar-refractivity contribution in [2.45, 2.75) is 37.8 Å². The number of imide groups is 1. The number of carbonyl (C=O) groups excluding carboxylic acids is 3. The molecule has 27 heavy (non-hydrogen) atoms. The van der Waals surface area contributed by atoms with Gasteiger partial charge in [-0.3, -0.25) is 9.59 Å². The van der Waals surface area contributed by atoms with E-state index in [0.29, 0.717) is 6.42 Å². The summed E-state index contributed by atoms with van der Waals surface area (Å²) < 4.78 is 13.8. The second kappa shape index (κ2) is 6.45. The van der Waals surface area contributed by atoms with E-state index in [0.717, 1.165) is 28.2 Å². The van der Waals surface area contributed by atoms with Gasteiger partial charge in [0.05, 0.1) is 5.69 Å². The zero-order valence-corrected chi connectivity index (χ0v) is 15.4. The van der Waals surface area contributed by atoms with Crippen molar-refractivity contribution in [3.05, 3.63) is 52.0 Å². The molecule has 2 aliphatic rings. The van der Waals surface area contributed by atoms with Gasteiger partial charge in [-0.15, -0.1) is 11.3 Å². The molecule has 6 nitrogen and oxygen atoms in total. The second-order valence-electron chi connectivity index (χ2n) is 6.77. The fourth-order valence-corrected chi connectivity index (χ4v) is 4.78. The van der Waals surface area contributed by atoms with E-state index in [1.807, 2.05) is 11.4 Å². The van der Waals surface area contributed by atoms with Crippen LogP contribution >= 0.6 is 11.3 Å². The summed E-state index contributed by atoms with van der Waals surface area (Å²) in [6.45, 7) is 1.46. The van der Waals surface area contributed by atoms with Gasteiger partial charge in [0.25, 0.3) is 5.91 Å². The van der Waals surface area contributed by atoms with Crippen molar-refractivity contribution in [1.29, 1.82) is 0 Å². The van der Waals surface area contributed by atoms with Crippen molar-refractivity contribution >= 4 is 34.9 Å². The van der Waals surface area contributed by atoms with Crippen LogP contribution in [0.5, 0.6) is 0 Å². The van der Waals surface area contributed by atoms with Gasteiger partial charge in [-0.2, -0.15) is 0 Å². The predicted octanol–water partition coefficient (Wildman–Crippen LogP) is 3.00. The molecule has 1 spiro atoms. The number of thiophene rings is 1. The van der Waals surface area contributed by atoms with Gasteiger partial charge >= 0.3 is 6.03 Å². The second-order valence-corrected chi connectivity index (χ2v) is 7.77. The minimum Gasteiger partial charge on any atom is -0.322 e. The Morgan fingerprint density at radius 1 is 1.33 bits per heavy atom. The highest BCUT2D eigenvalue weighted by Crippen LogP contribution is 2.42. The minimum atomic E-state index is -1.10. The van der Waals surface area contributed by atoms with Gasteiger partial charge in [0, 0.05) is 10.4 Å². The lowest BCUT2D eigenvalue weighted by Gasteiger charge is -2.31. The van der Waals surface area contributed by atoms with Crippen LogP contribution in [0.1, 0.15) is 30.2 Å². The van der Waals surface area contributed by atoms with Gasteiger partial charge < -0.3 is 10.6 Å². The summed E-state index contributed by atoms with van der Waals surface area (Å²) in [4.78, 5) is 40.4. The summed E-state index contributed by atoms with van der Waals surface area (Å²) in [6.07, 6.45) is 2.16. The van der Waals surface area contributed by atoms with Crippen molar-refractivity contribution in [1.82, 2.24) is 10.2 Å². The van der Waals surface area contributed by atoms with E-state index in [4.69, 9.17) is 0 Å². The van der Waals surface area contributed by atoms with Crippen LogP contribution in [0.3, 0.4) is 0 Å². The summed E-state index contributed by atoms with van der Waals surface area (Å²) in [6, 6.07) is 5.94. The van der Waals surface area contributed by atoms with Gasteiger partial charge in [-0.05, 0) is 49.8 Å². The van der Waals surface area contributed by atoms with E-state index in [1.54, 1.807) is 17.4 Å². The number of urea groups is 1. The lowest BCUT2D eigenvalue weighted by atomic mass is 9.80. The Morgan fingerprint density at radius 3 is 2.89 bits per heavy atom. The Bertz CT molecular complexity index is 944. The molecule has 4 amide bonds. The molecule has 2 atom stereocenters. The van der Waals surface area contributed by atoms with Crippen molar-refractivity contribution in [3.8, 4) is 0 Å². The Hall–Kier alpha value is -2.74. The maximum Gasteiger partial charge on any atom is 0.326 e. The zero-order chi connectivity index (χ0) is 19.2. The van der Waals surface area contributed by atoms with Crippen LogP contribution in [-0.2, 0) is 21.5 Å². The Balaban J connectivity index is 1.60. The number of amides is 4. The molecule has 2 heterocycles. The third-order valence-electron chi connectivity index (χ3n) is 5.18. The molecule has 2 aromatic rings. The quantitative estimate of drug-likeness (QED) is 0.795. The number of hydrogen-bond donors (Lipinski definition) is 2. The average molecular weight is 387 g/mol. The van der Waals surface area contributed by atoms with Crippen molar-refractivity contribution in [2.24, 2.45) is 0 Å². The van der Waals surface area contributed by atoms with E-state index in [1.165, 1.54) is 25.1 Å². The number of rotatable bonds is 3. The summed E-state index contributed by atoms with van der Waals surface area (Å²) in [7, 11) is 0. The van der Waals surface area contributed by atoms with Crippen molar-refractivity contribution < 1.29 is 18.8 Å². The lowest BCUT2D eigenvalue weighted by molar-refractivity contribution is -0.137. The van der Waals surface area contributed by atoms with Crippen LogP contribution in [-0.4, -0.2) is 28.8 Å². The summed E-state index contributed by atoms with van der Waals surface area (Å²) in [5.74, 6) is -1.63. The number of nitrogens with one attached hydrogen (secondary N) is 2. The topological polar surface area (TPSA) is 78.5 Å². The number of halogens is 1. The number of fused-ring (bicyclic) bond motifs is 2. The smallest absolute Gasteiger partial charge is 0.322 e. The molecular weight excluding hydrogens is 369 g/mol. The molecule has 1 aliphatic heterocycles. The average Bonchev–Trinajstić information content (AvgIpc) is 3.21. The van der Waals surface area contributed by atoms with Crippen LogP contribution in [0.15, 0.2) is 35.7 Å². The monoisotopic (exact) mass is 387 g/mol. The van der Waals surface area contributed by atoms with Gasteiger partial charge in [-0.1, -0.05) is 12.1 Å². The number of aryl methyl sites for hydroxylation is 1. The summed E-state index contributed by atoms with van der Waals surface area (Å²) in [5, 5.41) is 7.17. The first-order valence-electron chi connectivity index (χ1n) is 8.72. The summed E-state index contributed by atoms with van der Waals surface area (Å²) in [5.41, 5.74) is -0.271. The van der Waals surface area contributed by atoms with Crippen LogP contribution < -0.4 is 10.6 Å². The van der Waals surface area contributed by atoms with E-state index in [9.17, 15) is 18.8 Å². The number of carbonyl (C=O) groups is 3. The van der Waals surface area contributed by atoms with E-state index >= 15 is 0 Å². The SMILES string of the molecule is C[C@@H](C(=O)Nc1ccccc1F)N1C(=O)N[C@]2(CCCc3sccc32)C1=O. The first-order valence-corrected chi connectivity index (χ1v) is 9.60. The lowest BCUT2D eigenvalue weighted by Crippen LogP contribution is -2.49. The Morgan fingerprint density at radius 2 is 2.11 bits per heavy atom. The van der Waals surface area contributed by atoms with Gasteiger partial charge in [0.1, 0.15) is 17.4 Å². The van der Waals surface area contributed by atoms with Crippen LogP contribution in [0.2, 0.25) is 0 Å². The van der Waals surface area contributed by atoms with Crippen molar-refractivity contribution in [2.75, 3.05) is 5.32 Å². The molecule has 8 heteroatoms. The highest BCUT2D eigenvalue weighted by Gasteiger charge is 2.56. The largest absolute Gasteiger partial charge is 0.326 e. The highest BCUT2D eigenvalue weighted by atomic mass is 32.1. The predicted molar refractivity (Wildman–Crippen MR) is 98.8 cm³/mol. The number of hydrogen-bond acceptors (Lipinski definition) is 4. The fraction of sp³-hybridized carbons (Fsp3) is 0.316. The minimum absolute atomic E-state index is 0.00824. The highest BCUT2D eigenvalue weighted by molar-refractivity contribution is 7.10. The normalized spacial score (nSPS) is 22.5. The fourth-order valence-electron chi connectivity index (χ4n) is 3.78. The molecule has 4 rings (SSSR count). The molecule has 0 bridgehead atoms. The van der Waals surface area contributed by atoms with Gasteiger partial charge in [-0.25, -0.2) is 14.1 Å². The molecule has 1 saturated heterocycles. The third kappa shape index (κ3) is 2.71.